The maximum atomic E-state index is 11.3. The molecule has 0 aliphatic carbocycles. The predicted octanol–water partition coefficient (Wildman–Crippen LogP) is -0.184. The molecule has 6 nitrogen and oxygen atoms in total. The van der Waals surface area contributed by atoms with Crippen molar-refractivity contribution in [2.45, 2.75) is 19.9 Å². The fourth-order valence-electron chi connectivity index (χ4n) is 1.08. The summed E-state index contributed by atoms with van der Waals surface area (Å²) in [5.41, 5.74) is 0.123. The van der Waals surface area contributed by atoms with Gasteiger partial charge in [-0.25, -0.2) is 9.48 Å². The third-order valence-electron chi connectivity index (χ3n) is 1.73. The van der Waals surface area contributed by atoms with Crippen LogP contribution < -0.4 is 11.2 Å². The summed E-state index contributed by atoms with van der Waals surface area (Å²) < 4.78 is 0.918. The number of carbonyl (C=O) groups excluding carboxylic acids is 1. The Morgan fingerprint density at radius 1 is 1.56 bits per heavy atom. The van der Waals surface area contributed by atoms with Gasteiger partial charge in [-0.05, 0) is 6.92 Å². The Bertz CT molecular complexity index is 530. The number of H-pyrrole nitrogens is 1. The fraction of sp³-hybridized carbons (Fsp3) is 0.333. The summed E-state index contributed by atoms with van der Waals surface area (Å²) in [6.07, 6.45) is 1.72. The minimum absolute atomic E-state index is 0.137. The Labute approximate surface area is 95.6 Å². The van der Waals surface area contributed by atoms with Crippen LogP contribution in [0.2, 0.25) is 0 Å². The zero-order valence-electron chi connectivity index (χ0n) is 8.57. The number of carbonyl (C=O) groups is 1. The lowest BCUT2D eigenvalue weighted by Crippen LogP contribution is -2.36. The summed E-state index contributed by atoms with van der Waals surface area (Å²) in [6.45, 7) is 1.17. The number of hydrogen-bond acceptors (Lipinski definition) is 4. The molecular weight excluding hydrogens is 234 g/mol. The number of nitrogens with zero attached hydrogens (tertiary/aromatic N) is 2. The van der Waals surface area contributed by atoms with Crippen LogP contribution in [0.5, 0.6) is 0 Å². The quantitative estimate of drug-likeness (QED) is 0.795. The Hall–Kier alpha value is -1.69. The number of halogens is 1. The van der Waals surface area contributed by atoms with Gasteiger partial charge in [0.2, 0.25) is 0 Å². The fourth-order valence-corrected chi connectivity index (χ4v) is 1.17. The summed E-state index contributed by atoms with van der Waals surface area (Å²) in [4.78, 5) is 35.5. The molecular formula is C9H10ClN3O3. The third-order valence-corrected chi connectivity index (χ3v) is 1.91. The van der Waals surface area contributed by atoms with E-state index in [-0.39, 0.29) is 24.4 Å². The van der Waals surface area contributed by atoms with Crippen molar-refractivity contribution in [2.24, 2.45) is 0 Å². The van der Waals surface area contributed by atoms with Crippen molar-refractivity contribution < 1.29 is 4.79 Å². The number of Topliss-reactive ketones (excluding diaryl/α,β-unsaturated/α-hetero) is 1. The summed E-state index contributed by atoms with van der Waals surface area (Å²) in [5, 5.41) is 3.78. The SMILES string of the molecule is CC(=O)Cn1nc(C/C=C/Cl)c(=O)[nH]c1=O. The van der Waals surface area contributed by atoms with Crippen LogP contribution in [0, 0.1) is 0 Å². The molecule has 7 heteroatoms. The van der Waals surface area contributed by atoms with Crippen molar-refractivity contribution in [1.29, 1.82) is 0 Å². The number of rotatable bonds is 4. The number of allylic oxidation sites excluding steroid dienone is 1. The number of aromatic amines is 1. The predicted molar refractivity (Wildman–Crippen MR) is 58.5 cm³/mol. The van der Waals surface area contributed by atoms with Gasteiger partial charge in [-0.1, -0.05) is 17.7 Å². The lowest BCUT2D eigenvalue weighted by molar-refractivity contribution is -0.117. The van der Waals surface area contributed by atoms with Crippen LogP contribution in [0.25, 0.3) is 0 Å². The number of nitrogens with one attached hydrogen (secondary N) is 1. The first-order valence-electron chi connectivity index (χ1n) is 4.49. The summed E-state index contributed by atoms with van der Waals surface area (Å²) >= 11 is 5.32. The molecule has 86 valence electrons. The summed E-state index contributed by atoms with van der Waals surface area (Å²) in [7, 11) is 0. The van der Waals surface area contributed by atoms with E-state index in [2.05, 4.69) is 10.1 Å². The Balaban J connectivity index is 3.16. The summed E-state index contributed by atoms with van der Waals surface area (Å²) in [6, 6.07) is 0. The largest absolute Gasteiger partial charge is 0.345 e. The molecule has 1 N–H and O–H groups in total. The highest BCUT2D eigenvalue weighted by Crippen LogP contribution is 1.88. The molecule has 16 heavy (non-hydrogen) atoms. The average Bonchev–Trinajstić information content (AvgIpc) is 2.20. The number of aromatic nitrogens is 3. The number of hydrogen-bond donors (Lipinski definition) is 1. The van der Waals surface area contributed by atoms with Gasteiger partial charge < -0.3 is 0 Å². The molecule has 0 aliphatic heterocycles. The molecule has 0 atom stereocenters. The van der Waals surface area contributed by atoms with Crippen molar-refractivity contribution in [3.8, 4) is 0 Å². The maximum absolute atomic E-state index is 11.3. The highest BCUT2D eigenvalue weighted by Gasteiger charge is 2.06. The highest BCUT2D eigenvalue weighted by molar-refractivity contribution is 6.25. The van der Waals surface area contributed by atoms with Gasteiger partial charge in [0.1, 0.15) is 12.2 Å². The first kappa shape index (κ1) is 12.4. The van der Waals surface area contributed by atoms with Gasteiger partial charge in [0.25, 0.3) is 5.56 Å². The molecule has 0 saturated heterocycles. The van der Waals surface area contributed by atoms with E-state index in [9.17, 15) is 14.4 Å². The molecule has 1 aromatic heterocycles. The molecule has 0 radical (unpaired) electrons. The van der Waals surface area contributed by atoms with Gasteiger partial charge in [0.05, 0.1) is 0 Å². The van der Waals surface area contributed by atoms with E-state index in [0.29, 0.717) is 0 Å². The van der Waals surface area contributed by atoms with Gasteiger partial charge in [0.15, 0.2) is 5.78 Å². The molecule has 1 heterocycles. The van der Waals surface area contributed by atoms with Crippen LogP contribution in [0.15, 0.2) is 21.2 Å². The van der Waals surface area contributed by atoms with E-state index in [1.54, 1.807) is 0 Å². The molecule has 0 bridgehead atoms. The van der Waals surface area contributed by atoms with E-state index >= 15 is 0 Å². The average molecular weight is 244 g/mol. The molecule has 0 saturated carbocycles. The minimum Gasteiger partial charge on any atom is -0.298 e. The Morgan fingerprint density at radius 2 is 2.25 bits per heavy atom. The normalized spacial score (nSPS) is 10.9. The topological polar surface area (TPSA) is 84.8 Å². The van der Waals surface area contributed by atoms with Gasteiger partial charge in [-0.15, -0.1) is 0 Å². The van der Waals surface area contributed by atoms with Gasteiger partial charge in [-0.2, -0.15) is 5.10 Å². The van der Waals surface area contributed by atoms with Gasteiger partial charge in [-0.3, -0.25) is 14.6 Å². The van der Waals surface area contributed by atoms with Crippen molar-refractivity contribution in [1.82, 2.24) is 14.8 Å². The van der Waals surface area contributed by atoms with Crippen molar-refractivity contribution in [3.05, 3.63) is 38.1 Å². The van der Waals surface area contributed by atoms with Crippen LogP contribution in [0.1, 0.15) is 12.6 Å². The van der Waals surface area contributed by atoms with Gasteiger partial charge in [0, 0.05) is 12.0 Å². The van der Waals surface area contributed by atoms with Crippen molar-refractivity contribution in [3.63, 3.8) is 0 Å². The molecule has 0 fully saturated rings. The molecule has 0 amide bonds. The first-order valence-corrected chi connectivity index (χ1v) is 4.93. The zero-order chi connectivity index (χ0) is 12.1. The van der Waals surface area contributed by atoms with Gasteiger partial charge >= 0.3 is 5.69 Å². The van der Waals surface area contributed by atoms with Crippen LogP contribution in [-0.4, -0.2) is 20.5 Å². The Kier molecular flexibility index (Phi) is 4.19. The van der Waals surface area contributed by atoms with Crippen LogP contribution >= 0.6 is 11.6 Å². The molecule has 1 aromatic rings. The van der Waals surface area contributed by atoms with Crippen LogP contribution in [0.3, 0.4) is 0 Å². The van der Waals surface area contributed by atoms with E-state index in [1.807, 2.05) is 0 Å². The lowest BCUT2D eigenvalue weighted by atomic mass is 10.3. The molecule has 0 aromatic carbocycles. The molecule has 0 spiro atoms. The first-order chi connectivity index (χ1) is 7.54. The second-order valence-electron chi connectivity index (χ2n) is 3.13. The molecule has 0 aliphatic rings. The van der Waals surface area contributed by atoms with E-state index in [1.165, 1.54) is 18.5 Å². The molecule has 0 unspecified atom stereocenters. The van der Waals surface area contributed by atoms with E-state index in [4.69, 9.17) is 11.6 Å². The smallest absolute Gasteiger partial charge is 0.298 e. The lowest BCUT2D eigenvalue weighted by Gasteiger charge is -2.02. The van der Waals surface area contributed by atoms with E-state index < -0.39 is 11.2 Å². The minimum atomic E-state index is -0.696. The maximum Gasteiger partial charge on any atom is 0.345 e. The monoisotopic (exact) mass is 243 g/mol. The third kappa shape index (κ3) is 3.16. The Morgan fingerprint density at radius 3 is 2.81 bits per heavy atom. The van der Waals surface area contributed by atoms with Crippen molar-refractivity contribution in [2.75, 3.05) is 0 Å². The van der Waals surface area contributed by atoms with Crippen molar-refractivity contribution >= 4 is 17.4 Å². The highest BCUT2D eigenvalue weighted by atomic mass is 35.5. The second kappa shape index (κ2) is 5.41. The molecule has 1 rings (SSSR count). The zero-order valence-corrected chi connectivity index (χ0v) is 9.32. The summed E-state index contributed by atoms with van der Waals surface area (Å²) in [5.74, 6) is -0.222. The number of ketones is 1. The second-order valence-corrected chi connectivity index (χ2v) is 3.38. The standard InChI is InChI=1S/C9H10ClN3O3/c1-6(14)5-13-9(16)11-8(15)7(12-13)3-2-4-10/h2,4H,3,5H2,1H3,(H,11,15,16)/b4-2+. The van der Waals surface area contributed by atoms with Crippen LogP contribution in [0.4, 0.5) is 0 Å². The van der Waals surface area contributed by atoms with E-state index in [0.717, 1.165) is 4.68 Å². The van der Waals surface area contributed by atoms with Crippen LogP contribution in [-0.2, 0) is 17.8 Å².